The van der Waals surface area contributed by atoms with E-state index in [1.807, 2.05) is 6.92 Å². The second-order valence-electron chi connectivity index (χ2n) is 4.13. The number of carboxylic acids is 1. The number of nitrogens with zero attached hydrogens (tertiary/aromatic N) is 1. The minimum atomic E-state index is -0.936. The second-order valence-corrected chi connectivity index (χ2v) is 4.13. The van der Waals surface area contributed by atoms with Crippen LogP contribution in [0.5, 0.6) is 0 Å². The van der Waals surface area contributed by atoms with Crippen molar-refractivity contribution in [2.45, 2.75) is 33.2 Å². The van der Waals surface area contributed by atoms with Gasteiger partial charge in [-0.05, 0) is 38.5 Å². The van der Waals surface area contributed by atoms with Gasteiger partial charge in [0.1, 0.15) is 0 Å². The van der Waals surface area contributed by atoms with Gasteiger partial charge in [-0.25, -0.2) is 4.79 Å². The number of benzene rings is 1. The first-order chi connectivity index (χ1) is 8.01. The molecular formula is C13H20N2O2. The van der Waals surface area contributed by atoms with E-state index in [0.29, 0.717) is 11.7 Å². The highest BCUT2D eigenvalue weighted by Crippen LogP contribution is 2.25. The lowest BCUT2D eigenvalue weighted by Crippen LogP contribution is -2.33. The van der Waals surface area contributed by atoms with Crippen molar-refractivity contribution in [1.29, 1.82) is 0 Å². The lowest BCUT2D eigenvalue weighted by atomic mass is 10.1. The quantitative estimate of drug-likeness (QED) is 0.771. The highest BCUT2D eigenvalue weighted by atomic mass is 16.4. The Kier molecular flexibility index (Phi) is 4.37. The molecule has 1 atom stereocenters. The molecule has 0 aliphatic heterocycles. The topological polar surface area (TPSA) is 66.6 Å². The van der Waals surface area contributed by atoms with E-state index in [1.54, 1.807) is 12.1 Å². The SMILES string of the molecule is CCC(C)N(CC)c1ccc(N)cc1C(=O)O. The maximum Gasteiger partial charge on any atom is 0.337 e. The van der Waals surface area contributed by atoms with Crippen molar-refractivity contribution in [3.63, 3.8) is 0 Å². The third-order valence-corrected chi connectivity index (χ3v) is 3.02. The summed E-state index contributed by atoms with van der Waals surface area (Å²) in [7, 11) is 0. The molecule has 0 bridgehead atoms. The van der Waals surface area contributed by atoms with Crippen molar-refractivity contribution in [1.82, 2.24) is 0 Å². The molecular weight excluding hydrogens is 216 g/mol. The Balaban J connectivity index is 3.23. The summed E-state index contributed by atoms with van der Waals surface area (Å²) in [5.74, 6) is -0.936. The molecule has 0 fully saturated rings. The molecule has 1 aromatic carbocycles. The van der Waals surface area contributed by atoms with E-state index in [0.717, 1.165) is 18.7 Å². The van der Waals surface area contributed by atoms with Crippen molar-refractivity contribution in [3.05, 3.63) is 23.8 Å². The number of carboxylic acid groups (broad SMARTS) is 1. The van der Waals surface area contributed by atoms with Crippen molar-refractivity contribution < 1.29 is 9.90 Å². The summed E-state index contributed by atoms with van der Waals surface area (Å²) in [6.45, 7) is 6.98. The molecule has 4 heteroatoms. The first-order valence-electron chi connectivity index (χ1n) is 5.90. The zero-order chi connectivity index (χ0) is 13.0. The van der Waals surface area contributed by atoms with Crippen LogP contribution in [0.25, 0.3) is 0 Å². The van der Waals surface area contributed by atoms with Crippen LogP contribution in [0.15, 0.2) is 18.2 Å². The number of anilines is 2. The monoisotopic (exact) mass is 236 g/mol. The zero-order valence-corrected chi connectivity index (χ0v) is 10.6. The predicted octanol–water partition coefficient (Wildman–Crippen LogP) is 2.59. The fourth-order valence-corrected chi connectivity index (χ4v) is 1.92. The van der Waals surface area contributed by atoms with Gasteiger partial charge >= 0.3 is 5.97 Å². The van der Waals surface area contributed by atoms with Crippen LogP contribution in [-0.2, 0) is 0 Å². The molecule has 0 radical (unpaired) electrons. The first-order valence-corrected chi connectivity index (χ1v) is 5.90. The fraction of sp³-hybridized carbons (Fsp3) is 0.462. The largest absolute Gasteiger partial charge is 0.478 e. The minimum absolute atomic E-state index is 0.271. The number of nitrogens with two attached hydrogens (primary N) is 1. The molecule has 0 aliphatic rings. The number of aromatic carboxylic acids is 1. The van der Waals surface area contributed by atoms with Gasteiger partial charge in [0.25, 0.3) is 0 Å². The van der Waals surface area contributed by atoms with E-state index < -0.39 is 5.97 Å². The van der Waals surface area contributed by atoms with Crippen LogP contribution in [0, 0.1) is 0 Å². The van der Waals surface area contributed by atoms with E-state index in [1.165, 1.54) is 6.07 Å². The Morgan fingerprint density at radius 2 is 2.12 bits per heavy atom. The molecule has 3 N–H and O–H groups in total. The van der Waals surface area contributed by atoms with Gasteiger partial charge in [0, 0.05) is 18.3 Å². The molecule has 0 spiro atoms. The number of hydrogen-bond donors (Lipinski definition) is 2. The smallest absolute Gasteiger partial charge is 0.337 e. The summed E-state index contributed by atoms with van der Waals surface area (Å²) in [5.41, 5.74) is 7.12. The van der Waals surface area contributed by atoms with E-state index in [-0.39, 0.29) is 5.56 Å². The van der Waals surface area contributed by atoms with Crippen molar-refractivity contribution in [3.8, 4) is 0 Å². The Morgan fingerprint density at radius 1 is 1.47 bits per heavy atom. The van der Waals surface area contributed by atoms with Crippen molar-refractivity contribution in [2.75, 3.05) is 17.2 Å². The molecule has 1 aromatic rings. The van der Waals surface area contributed by atoms with Crippen LogP contribution in [-0.4, -0.2) is 23.7 Å². The molecule has 0 aromatic heterocycles. The molecule has 1 unspecified atom stereocenters. The van der Waals surface area contributed by atoms with Gasteiger partial charge in [0.05, 0.1) is 11.3 Å². The summed E-state index contributed by atoms with van der Waals surface area (Å²) in [6, 6.07) is 5.35. The zero-order valence-electron chi connectivity index (χ0n) is 10.6. The summed E-state index contributed by atoms with van der Waals surface area (Å²) in [6.07, 6.45) is 0.970. The van der Waals surface area contributed by atoms with Gasteiger partial charge in [-0.3, -0.25) is 0 Å². The minimum Gasteiger partial charge on any atom is -0.478 e. The van der Waals surface area contributed by atoms with Gasteiger partial charge in [0.15, 0.2) is 0 Å². The summed E-state index contributed by atoms with van der Waals surface area (Å²) in [5, 5.41) is 9.21. The number of hydrogen-bond acceptors (Lipinski definition) is 3. The van der Waals surface area contributed by atoms with E-state index in [4.69, 9.17) is 5.73 Å². The summed E-state index contributed by atoms with van der Waals surface area (Å²) in [4.78, 5) is 13.3. The molecule has 0 saturated heterocycles. The van der Waals surface area contributed by atoms with Crippen LogP contribution in [0.1, 0.15) is 37.6 Å². The van der Waals surface area contributed by atoms with E-state index in [2.05, 4.69) is 18.7 Å². The van der Waals surface area contributed by atoms with Gasteiger partial charge in [-0.2, -0.15) is 0 Å². The second kappa shape index (κ2) is 5.57. The Bertz CT molecular complexity index is 404. The van der Waals surface area contributed by atoms with E-state index >= 15 is 0 Å². The third-order valence-electron chi connectivity index (χ3n) is 3.02. The van der Waals surface area contributed by atoms with Crippen molar-refractivity contribution in [2.24, 2.45) is 0 Å². The van der Waals surface area contributed by atoms with Gasteiger partial charge in [0.2, 0.25) is 0 Å². The van der Waals surface area contributed by atoms with Crippen LogP contribution in [0.4, 0.5) is 11.4 Å². The van der Waals surface area contributed by atoms with Crippen LogP contribution in [0.3, 0.4) is 0 Å². The third kappa shape index (κ3) is 2.90. The number of carbonyl (C=O) groups is 1. The first kappa shape index (κ1) is 13.4. The van der Waals surface area contributed by atoms with Crippen LogP contribution >= 0.6 is 0 Å². The molecule has 1 rings (SSSR count). The van der Waals surface area contributed by atoms with Gasteiger partial charge in [-0.15, -0.1) is 0 Å². The molecule has 0 heterocycles. The normalized spacial score (nSPS) is 12.2. The molecule has 0 saturated carbocycles. The molecule has 4 nitrogen and oxygen atoms in total. The fourth-order valence-electron chi connectivity index (χ4n) is 1.92. The maximum atomic E-state index is 11.2. The van der Waals surface area contributed by atoms with Crippen LogP contribution < -0.4 is 10.6 Å². The molecule has 0 amide bonds. The lowest BCUT2D eigenvalue weighted by Gasteiger charge is -2.30. The Hall–Kier alpha value is -1.71. The highest BCUT2D eigenvalue weighted by Gasteiger charge is 2.18. The van der Waals surface area contributed by atoms with Crippen LogP contribution in [0.2, 0.25) is 0 Å². The molecule has 0 aliphatic carbocycles. The lowest BCUT2D eigenvalue weighted by molar-refractivity contribution is 0.0697. The Labute approximate surface area is 102 Å². The van der Waals surface area contributed by atoms with E-state index in [9.17, 15) is 9.90 Å². The van der Waals surface area contributed by atoms with Crippen molar-refractivity contribution >= 4 is 17.3 Å². The maximum absolute atomic E-state index is 11.2. The average Bonchev–Trinajstić information content (AvgIpc) is 2.31. The Morgan fingerprint density at radius 3 is 2.59 bits per heavy atom. The number of nitrogen functional groups attached to an aromatic ring is 1. The highest BCUT2D eigenvalue weighted by molar-refractivity contribution is 5.95. The average molecular weight is 236 g/mol. The van der Waals surface area contributed by atoms with Gasteiger partial charge in [-0.1, -0.05) is 6.92 Å². The molecule has 17 heavy (non-hydrogen) atoms. The number of rotatable bonds is 5. The standard InChI is InChI=1S/C13H20N2O2/c1-4-9(3)15(5-2)12-7-6-10(14)8-11(12)13(16)17/h6-9H,4-5,14H2,1-3H3,(H,16,17). The van der Waals surface area contributed by atoms with Gasteiger partial charge < -0.3 is 15.7 Å². The summed E-state index contributed by atoms with van der Waals surface area (Å²) < 4.78 is 0. The predicted molar refractivity (Wildman–Crippen MR) is 70.6 cm³/mol. The molecule has 94 valence electrons. The summed E-state index contributed by atoms with van der Waals surface area (Å²) >= 11 is 0.